The van der Waals surface area contributed by atoms with Crippen molar-refractivity contribution >= 4 is 5.97 Å². The summed E-state index contributed by atoms with van der Waals surface area (Å²) in [6.45, 7) is 1.90. The molecular weight excluding hydrogens is 168 g/mol. The second kappa shape index (κ2) is 2.47. The Balaban J connectivity index is 2.31. The number of carboxylic acids is 1. The molecule has 0 aromatic carbocycles. The normalized spacial score (nSPS) is 24.6. The third-order valence-corrected chi connectivity index (χ3v) is 2.39. The summed E-state index contributed by atoms with van der Waals surface area (Å²) in [4.78, 5) is 10.7. The van der Waals surface area contributed by atoms with Crippen molar-refractivity contribution in [2.75, 3.05) is 0 Å². The molecule has 0 aromatic rings. The molecule has 4 heteroatoms. The van der Waals surface area contributed by atoms with E-state index in [0.717, 1.165) is 16.8 Å². The zero-order valence-electron chi connectivity index (χ0n) is 7.16. The molecule has 0 radical (unpaired) electrons. The summed E-state index contributed by atoms with van der Waals surface area (Å²) in [5.74, 6) is 4.42. The number of nitrogens with two attached hydrogens (primary N) is 1. The largest absolute Gasteiger partial charge is 0.478 e. The minimum Gasteiger partial charge on any atom is -0.478 e. The van der Waals surface area contributed by atoms with E-state index in [1.54, 1.807) is 0 Å². The van der Waals surface area contributed by atoms with Crippen LogP contribution in [0.4, 0.5) is 0 Å². The van der Waals surface area contributed by atoms with Crippen LogP contribution in [-0.2, 0) is 4.79 Å². The van der Waals surface area contributed by atoms with Gasteiger partial charge in [-0.05, 0) is 24.1 Å². The molecule has 2 aliphatic carbocycles. The standard InChI is InChI=1S/C9H10N2O2/c1-4-2-5-6(3-7(4)11-10)8(5)9(12)13/h2-3,6,11H,10H2,1H3,(H,12,13). The first kappa shape index (κ1) is 8.07. The molecule has 0 amide bonds. The van der Waals surface area contributed by atoms with Gasteiger partial charge in [-0.2, -0.15) is 0 Å². The fraction of sp³-hybridized carbons (Fsp3) is 0.222. The lowest BCUT2D eigenvalue weighted by Gasteiger charge is -2.10. The van der Waals surface area contributed by atoms with Crippen molar-refractivity contribution in [1.82, 2.24) is 5.43 Å². The molecule has 0 saturated carbocycles. The zero-order valence-corrected chi connectivity index (χ0v) is 7.16. The van der Waals surface area contributed by atoms with Crippen LogP contribution in [0.5, 0.6) is 0 Å². The maximum atomic E-state index is 10.7. The highest BCUT2D eigenvalue weighted by molar-refractivity contribution is 5.97. The van der Waals surface area contributed by atoms with E-state index in [1.807, 2.05) is 19.1 Å². The van der Waals surface area contributed by atoms with Gasteiger partial charge in [0.1, 0.15) is 0 Å². The van der Waals surface area contributed by atoms with Crippen molar-refractivity contribution in [3.8, 4) is 0 Å². The van der Waals surface area contributed by atoms with Crippen LogP contribution in [0.1, 0.15) is 6.92 Å². The molecule has 0 spiro atoms. The summed E-state index contributed by atoms with van der Waals surface area (Å²) < 4.78 is 0. The maximum absolute atomic E-state index is 10.7. The van der Waals surface area contributed by atoms with E-state index >= 15 is 0 Å². The summed E-state index contributed by atoms with van der Waals surface area (Å²) in [6, 6.07) is 0. The Morgan fingerprint density at radius 1 is 1.69 bits per heavy atom. The number of hydrogen-bond acceptors (Lipinski definition) is 3. The van der Waals surface area contributed by atoms with Crippen LogP contribution < -0.4 is 11.3 Å². The fourth-order valence-electron chi connectivity index (χ4n) is 1.63. The third kappa shape index (κ3) is 1.07. The van der Waals surface area contributed by atoms with Crippen LogP contribution in [0.3, 0.4) is 0 Å². The van der Waals surface area contributed by atoms with Crippen LogP contribution >= 0.6 is 0 Å². The molecule has 13 heavy (non-hydrogen) atoms. The average Bonchev–Trinajstić information content (AvgIpc) is 2.75. The van der Waals surface area contributed by atoms with Crippen LogP contribution in [0.2, 0.25) is 0 Å². The summed E-state index contributed by atoms with van der Waals surface area (Å²) in [7, 11) is 0. The molecule has 0 aromatic heterocycles. The van der Waals surface area contributed by atoms with Crippen molar-refractivity contribution in [2.24, 2.45) is 11.8 Å². The van der Waals surface area contributed by atoms with Crippen molar-refractivity contribution in [2.45, 2.75) is 6.92 Å². The number of allylic oxidation sites excluding steroid dienone is 4. The fourth-order valence-corrected chi connectivity index (χ4v) is 1.63. The molecule has 1 atom stereocenters. The summed E-state index contributed by atoms with van der Waals surface area (Å²) in [5, 5.41) is 8.76. The highest BCUT2D eigenvalue weighted by atomic mass is 16.4. The van der Waals surface area contributed by atoms with Crippen molar-refractivity contribution in [3.05, 3.63) is 34.6 Å². The SMILES string of the molecule is CC1=CC2=C(C(=O)O)C2C=C1NN. The van der Waals surface area contributed by atoms with Gasteiger partial charge in [0.25, 0.3) is 0 Å². The molecule has 4 N–H and O–H groups in total. The van der Waals surface area contributed by atoms with Gasteiger partial charge >= 0.3 is 5.97 Å². The van der Waals surface area contributed by atoms with E-state index in [1.165, 1.54) is 0 Å². The number of hydrogen-bond donors (Lipinski definition) is 3. The van der Waals surface area contributed by atoms with E-state index in [-0.39, 0.29) is 5.92 Å². The number of nitrogens with one attached hydrogen (secondary N) is 1. The Labute approximate surface area is 75.4 Å². The van der Waals surface area contributed by atoms with Gasteiger partial charge in [0.2, 0.25) is 0 Å². The van der Waals surface area contributed by atoms with E-state index in [4.69, 9.17) is 10.9 Å². The van der Waals surface area contributed by atoms with E-state index in [9.17, 15) is 4.79 Å². The number of carbonyl (C=O) groups is 1. The van der Waals surface area contributed by atoms with Gasteiger partial charge in [-0.25, -0.2) is 4.79 Å². The van der Waals surface area contributed by atoms with Gasteiger partial charge in [0, 0.05) is 11.6 Å². The lowest BCUT2D eigenvalue weighted by atomic mass is 10.0. The van der Waals surface area contributed by atoms with Gasteiger partial charge in [-0.1, -0.05) is 6.08 Å². The number of hydrazine groups is 1. The summed E-state index contributed by atoms with van der Waals surface area (Å²) in [5.41, 5.74) is 5.73. The van der Waals surface area contributed by atoms with Crippen molar-refractivity contribution in [1.29, 1.82) is 0 Å². The molecule has 1 unspecified atom stereocenters. The van der Waals surface area contributed by atoms with Crippen LogP contribution in [0.25, 0.3) is 0 Å². The molecule has 0 saturated heterocycles. The predicted molar refractivity (Wildman–Crippen MR) is 47.3 cm³/mol. The minimum absolute atomic E-state index is 0.0211. The lowest BCUT2D eigenvalue weighted by Crippen LogP contribution is -2.23. The molecule has 2 rings (SSSR count). The Kier molecular flexibility index (Phi) is 1.53. The van der Waals surface area contributed by atoms with E-state index in [0.29, 0.717) is 5.57 Å². The van der Waals surface area contributed by atoms with Gasteiger partial charge in [0.05, 0.1) is 5.57 Å². The topological polar surface area (TPSA) is 75.3 Å². The van der Waals surface area contributed by atoms with E-state index in [2.05, 4.69) is 5.43 Å². The van der Waals surface area contributed by atoms with Gasteiger partial charge < -0.3 is 10.5 Å². The smallest absolute Gasteiger partial charge is 0.332 e. The Morgan fingerprint density at radius 2 is 2.38 bits per heavy atom. The molecule has 2 aliphatic rings. The maximum Gasteiger partial charge on any atom is 0.332 e. The molecule has 0 fully saturated rings. The first-order chi connectivity index (χ1) is 6.15. The zero-order chi connectivity index (χ0) is 9.59. The Bertz CT molecular complexity index is 377. The monoisotopic (exact) mass is 178 g/mol. The second-order valence-corrected chi connectivity index (χ2v) is 3.20. The molecule has 68 valence electrons. The van der Waals surface area contributed by atoms with Gasteiger partial charge in [-0.3, -0.25) is 5.84 Å². The highest BCUT2D eigenvalue weighted by Crippen LogP contribution is 2.45. The first-order valence-electron chi connectivity index (χ1n) is 3.99. The molecular formula is C9H10N2O2. The van der Waals surface area contributed by atoms with Crippen molar-refractivity contribution in [3.63, 3.8) is 0 Å². The third-order valence-electron chi connectivity index (χ3n) is 2.39. The van der Waals surface area contributed by atoms with Gasteiger partial charge in [0.15, 0.2) is 0 Å². The Hall–Kier alpha value is -1.55. The van der Waals surface area contributed by atoms with Crippen LogP contribution in [0.15, 0.2) is 34.6 Å². The minimum atomic E-state index is -0.835. The molecule has 4 nitrogen and oxygen atoms in total. The van der Waals surface area contributed by atoms with Crippen LogP contribution in [0, 0.1) is 5.92 Å². The number of carboxylic acid groups (broad SMARTS) is 1. The highest BCUT2D eigenvalue weighted by Gasteiger charge is 2.40. The average molecular weight is 178 g/mol. The van der Waals surface area contributed by atoms with Crippen LogP contribution in [-0.4, -0.2) is 11.1 Å². The molecule has 0 heterocycles. The Morgan fingerprint density at radius 3 is 2.92 bits per heavy atom. The quantitative estimate of drug-likeness (QED) is 0.420. The second-order valence-electron chi connectivity index (χ2n) is 3.20. The number of fused-ring (bicyclic) bond motifs is 1. The summed E-state index contributed by atoms with van der Waals surface area (Å²) in [6.07, 6.45) is 3.71. The first-order valence-corrected chi connectivity index (χ1v) is 3.99. The number of rotatable bonds is 2. The number of aliphatic carboxylic acids is 1. The van der Waals surface area contributed by atoms with E-state index < -0.39 is 5.97 Å². The molecule has 0 bridgehead atoms. The lowest BCUT2D eigenvalue weighted by molar-refractivity contribution is -0.132. The van der Waals surface area contributed by atoms with Crippen molar-refractivity contribution < 1.29 is 9.90 Å². The molecule has 0 aliphatic heterocycles. The predicted octanol–water partition coefficient (Wildman–Crippen LogP) is 0.305. The van der Waals surface area contributed by atoms with Gasteiger partial charge in [-0.15, -0.1) is 0 Å². The summed E-state index contributed by atoms with van der Waals surface area (Å²) >= 11 is 0.